The maximum Gasteiger partial charge on any atom is 0.339 e. The predicted octanol–water partition coefficient (Wildman–Crippen LogP) is 2.32. The van der Waals surface area contributed by atoms with Crippen LogP contribution in [-0.2, 0) is 4.74 Å². The quantitative estimate of drug-likeness (QED) is 0.705. The molecule has 0 aromatic carbocycles. The van der Waals surface area contributed by atoms with E-state index in [0.717, 1.165) is 31.2 Å². The molecule has 0 bridgehead atoms. The van der Waals surface area contributed by atoms with E-state index in [1.165, 1.54) is 19.0 Å². The van der Waals surface area contributed by atoms with Crippen molar-refractivity contribution in [1.82, 2.24) is 4.98 Å². The molecule has 0 spiro atoms. The summed E-state index contributed by atoms with van der Waals surface area (Å²) in [4.78, 5) is 15.0. The lowest BCUT2D eigenvalue weighted by atomic mass is 10.2. The SMILES string of the molecule is Cc1cc(NCCCOCC2CC2)c(C(=O)O)cn1. The Morgan fingerprint density at radius 2 is 2.37 bits per heavy atom. The molecule has 1 aromatic heterocycles. The molecule has 0 radical (unpaired) electrons. The number of rotatable bonds is 8. The Labute approximate surface area is 113 Å². The van der Waals surface area contributed by atoms with Crippen LogP contribution in [0.25, 0.3) is 0 Å². The molecule has 1 heterocycles. The molecule has 19 heavy (non-hydrogen) atoms. The molecule has 0 amide bonds. The topological polar surface area (TPSA) is 71.5 Å². The number of hydrogen-bond donors (Lipinski definition) is 2. The van der Waals surface area contributed by atoms with Crippen LogP contribution in [0.4, 0.5) is 5.69 Å². The van der Waals surface area contributed by atoms with Gasteiger partial charge in [-0.25, -0.2) is 4.79 Å². The van der Waals surface area contributed by atoms with E-state index in [1.54, 1.807) is 6.07 Å². The van der Waals surface area contributed by atoms with Crippen molar-refractivity contribution in [3.8, 4) is 0 Å². The second-order valence-corrected chi connectivity index (χ2v) is 4.98. The zero-order chi connectivity index (χ0) is 13.7. The number of aromatic nitrogens is 1. The van der Waals surface area contributed by atoms with Crippen molar-refractivity contribution in [3.63, 3.8) is 0 Å². The highest BCUT2D eigenvalue weighted by molar-refractivity contribution is 5.93. The van der Waals surface area contributed by atoms with Gasteiger partial charge in [0.15, 0.2) is 0 Å². The third kappa shape index (κ3) is 4.52. The van der Waals surface area contributed by atoms with Crippen LogP contribution in [0, 0.1) is 12.8 Å². The van der Waals surface area contributed by atoms with Crippen molar-refractivity contribution in [3.05, 3.63) is 23.5 Å². The van der Waals surface area contributed by atoms with Crippen LogP contribution in [-0.4, -0.2) is 35.8 Å². The van der Waals surface area contributed by atoms with Crippen LogP contribution in [0.2, 0.25) is 0 Å². The first-order valence-electron chi connectivity index (χ1n) is 6.68. The Bertz CT molecular complexity index is 444. The van der Waals surface area contributed by atoms with Crippen LogP contribution >= 0.6 is 0 Å². The van der Waals surface area contributed by atoms with Gasteiger partial charge in [0.05, 0.1) is 5.69 Å². The van der Waals surface area contributed by atoms with Crippen molar-refractivity contribution in [2.24, 2.45) is 5.92 Å². The highest BCUT2D eigenvalue weighted by Gasteiger charge is 2.20. The molecule has 1 saturated carbocycles. The van der Waals surface area contributed by atoms with Crippen LogP contribution in [0.3, 0.4) is 0 Å². The smallest absolute Gasteiger partial charge is 0.339 e. The number of nitrogens with one attached hydrogen (secondary N) is 1. The Balaban J connectivity index is 1.74. The number of anilines is 1. The van der Waals surface area contributed by atoms with E-state index in [9.17, 15) is 4.79 Å². The standard InChI is InChI=1S/C14H20N2O3/c1-10-7-13(12(8-16-10)14(17)18)15-5-2-6-19-9-11-3-4-11/h7-8,11H,2-6,9H2,1H3,(H,15,16)(H,17,18). The lowest BCUT2D eigenvalue weighted by molar-refractivity contribution is 0.0697. The first-order chi connectivity index (χ1) is 9.16. The lowest BCUT2D eigenvalue weighted by Crippen LogP contribution is -2.11. The summed E-state index contributed by atoms with van der Waals surface area (Å²) in [6.07, 6.45) is 4.86. The van der Waals surface area contributed by atoms with Gasteiger partial charge in [-0.1, -0.05) is 0 Å². The molecule has 1 aromatic rings. The van der Waals surface area contributed by atoms with Gasteiger partial charge < -0.3 is 15.2 Å². The van der Waals surface area contributed by atoms with E-state index in [-0.39, 0.29) is 5.56 Å². The maximum absolute atomic E-state index is 11.0. The van der Waals surface area contributed by atoms with Gasteiger partial charge in [-0.3, -0.25) is 4.98 Å². The normalized spacial score (nSPS) is 14.4. The van der Waals surface area contributed by atoms with Crippen molar-refractivity contribution >= 4 is 11.7 Å². The molecule has 0 aliphatic heterocycles. The zero-order valence-corrected chi connectivity index (χ0v) is 11.2. The number of carbonyl (C=O) groups is 1. The molecule has 5 nitrogen and oxygen atoms in total. The zero-order valence-electron chi connectivity index (χ0n) is 11.2. The average molecular weight is 264 g/mol. The number of carboxylic acids is 1. The molecular weight excluding hydrogens is 244 g/mol. The molecule has 104 valence electrons. The van der Waals surface area contributed by atoms with Crippen molar-refractivity contribution in [2.75, 3.05) is 25.1 Å². The highest BCUT2D eigenvalue weighted by atomic mass is 16.5. The number of aryl methyl sites for hydroxylation is 1. The Morgan fingerprint density at radius 1 is 1.58 bits per heavy atom. The molecule has 0 atom stereocenters. The van der Waals surface area contributed by atoms with Crippen molar-refractivity contribution < 1.29 is 14.6 Å². The first kappa shape index (κ1) is 13.8. The van der Waals surface area contributed by atoms with Gasteiger partial charge in [0, 0.05) is 31.6 Å². The molecule has 5 heteroatoms. The fourth-order valence-corrected chi connectivity index (χ4v) is 1.81. The highest BCUT2D eigenvalue weighted by Crippen LogP contribution is 2.28. The number of carboxylic acid groups (broad SMARTS) is 1. The average Bonchev–Trinajstić information content (AvgIpc) is 3.17. The summed E-state index contributed by atoms with van der Waals surface area (Å²) in [5.41, 5.74) is 1.64. The monoisotopic (exact) mass is 264 g/mol. The fraction of sp³-hybridized carbons (Fsp3) is 0.571. The van der Waals surface area contributed by atoms with E-state index in [4.69, 9.17) is 9.84 Å². The van der Waals surface area contributed by atoms with E-state index >= 15 is 0 Å². The second kappa shape index (κ2) is 6.52. The molecular formula is C14H20N2O3. The third-order valence-corrected chi connectivity index (χ3v) is 3.10. The Kier molecular flexibility index (Phi) is 4.74. The van der Waals surface area contributed by atoms with Gasteiger partial charge >= 0.3 is 5.97 Å². The summed E-state index contributed by atoms with van der Waals surface area (Å²) in [6.45, 7) is 4.13. The van der Waals surface area contributed by atoms with Crippen LogP contribution in [0.5, 0.6) is 0 Å². The molecule has 2 rings (SSSR count). The van der Waals surface area contributed by atoms with Gasteiger partial charge in [0.2, 0.25) is 0 Å². The van der Waals surface area contributed by atoms with Gasteiger partial charge in [-0.15, -0.1) is 0 Å². The maximum atomic E-state index is 11.0. The van der Waals surface area contributed by atoms with Gasteiger partial charge in [-0.2, -0.15) is 0 Å². The minimum Gasteiger partial charge on any atom is -0.478 e. The predicted molar refractivity (Wildman–Crippen MR) is 72.6 cm³/mol. The first-order valence-corrected chi connectivity index (χ1v) is 6.68. The molecule has 1 aliphatic rings. The summed E-state index contributed by atoms with van der Waals surface area (Å²) in [6, 6.07) is 1.76. The summed E-state index contributed by atoms with van der Waals surface area (Å²) in [5.74, 6) is -0.172. The van der Waals surface area contributed by atoms with Gasteiger partial charge in [-0.05, 0) is 38.2 Å². The summed E-state index contributed by atoms with van der Waals surface area (Å²) >= 11 is 0. The van der Waals surface area contributed by atoms with Crippen LogP contribution in [0.15, 0.2) is 12.3 Å². The molecule has 0 saturated heterocycles. The minimum atomic E-state index is -0.958. The Morgan fingerprint density at radius 3 is 3.05 bits per heavy atom. The summed E-state index contributed by atoms with van der Waals surface area (Å²) in [7, 11) is 0. The fourth-order valence-electron chi connectivity index (χ4n) is 1.81. The largest absolute Gasteiger partial charge is 0.478 e. The number of hydrogen-bond acceptors (Lipinski definition) is 4. The van der Waals surface area contributed by atoms with Crippen LogP contribution < -0.4 is 5.32 Å². The number of nitrogens with zero attached hydrogens (tertiary/aromatic N) is 1. The van der Waals surface area contributed by atoms with E-state index < -0.39 is 5.97 Å². The van der Waals surface area contributed by atoms with E-state index in [0.29, 0.717) is 12.2 Å². The number of pyridine rings is 1. The van der Waals surface area contributed by atoms with Crippen molar-refractivity contribution in [2.45, 2.75) is 26.2 Å². The molecule has 1 fully saturated rings. The molecule has 1 aliphatic carbocycles. The third-order valence-electron chi connectivity index (χ3n) is 3.10. The molecule has 2 N–H and O–H groups in total. The lowest BCUT2D eigenvalue weighted by Gasteiger charge is -2.10. The van der Waals surface area contributed by atoms with E-state index in [2.05, 4.69) is 10.3 Å². The number of aromatic carboxylic acids is 1. The molecule has 0 unspecified atom stereocenters. The van der Waals surface area contributed by atoms with Crippen molar-refractivity contribution in [1.29, 1.82) is 0 Å². The second-order valence-electron chi connectivity index (χ2n) is 4.98. The van der Waals surface area contributed by atoms with Gasteiger partial charge in [0.25, 0.3) is 0 Å². The Hall–Kier alpha value is -1.62. The number of ether oxygens (including phenoxy) is 1. The summed E-state index contributed by atoms with van der Waals surface area (Å²) < 4.78 is 5.53. The van der Waals surface area contributed by atoms with E-state index in [1.807, 2.05) is 6.92 Å². The van der Waals surface area contributed by atoms with Gasteiger partial charge in [0.1, 0.15) is 5.56 Å². The summed E-state index contributed by atoms with van der Waals surface area (Å²) in [5, 5.41) is 12.2. The minimum absolute atomic E-state index is 0.212. The van der Waals surface area contributed by atoms with Crippen LogP contribution in [0.1, 0.15) is 35.3 Å².